The smallest absolute Gasteiger partial charge is 0.259 e. The van der Waals surface area contributed by atoms with E-state index in [4.69, 9.17) is 10.2 Å². The molecule has 0 radical (unpaired) electrons. The van der Waals surface area contributed by atoms with E-state index in [-0.39, 0.29) is 22.9 Å². The Bertz CT molecular complexity index is 1060. The highest BCUT2D eigenvalue weighted by molar-refractivity contribution is 5.97. The monoisotopic (exact) mass is 355 g/mol. The molecule has 26 heavy (non-hydrogen) atoms. The molecule has 2 atom stereocenters. The molecule has 2 aromatic heterocycles. The van der Waals surface area contributed by atoms with Crippen LogP contribution in [0.25, 0.3) is 10.9 Å². The van der Waals surface area contributed by atoms with Crippen molar-refractivity contribution in [2.24, 2.45) is 5.73 Å². The number of pyridine rings is 1. The van der Waals surface area contributed by atoms with Gasteiger partial charge in [0, 0.05) is 36.2 Å². The summed E-state index contributed by atoms with van der Waals surface area (Å²) in [6.07, 6.45) is 1.38. The first kappa shape index (κ1) is 16.5. The summed E-state index contributed by atoms with van der Waals surface area (Å²) in [5.41, 5.74) is 6.15. The third-order valence-electron chi connectivity index (χ3n) is 4.85. The lowest BCUT2D eigenvalue weighted by atomic mass is 10.0. The minimum Gasteiger partial charge on any atom is -0.466 e. The number of furan rings is 1. The highest BCUT2D eigenvalue weighted by Gasteiger charge is 2.36. The summed E-state index contributed by atoms with van der Waals surface area (Å²) >= 11 is 0. The number of H-pyrrole nitrogens is 1. The molecule has 0 aliphatic carbocycles. The highest BCUT2D eigenvalue weighted by atomic mass is 19.1. The fourth-order valence-corrected chi connectivity index (χ4v) is 3.47. The Hall–Kier alpha value is -2.93. The van der Waals surface area contributed by atoms with Gasteiger partial charge in [0.15, 0.2) is 0 Å². The Morgan fingerprint density at radius 2 is 2.12 bits per heavy atom. The predicted octanol–water partition coefficient (Wildman–Crippen LogP) is 2.14. The minimum atomic E-state index is -0.524. The lowest BCUT2D eigenvalue weighted by molar-refractivity contribution is 0.0787. The van der Waals surface area contributed by atoms with E-state index in [0.29, 0.717) is 18.6 Å². The predicted molar refractivity (Wildman–Crippen MR) is 94.6 cm³/mol. The zero-order valence-electron chi connectivity index (χ0n) is 14.2. The zero-order valence-corrected chi connectivity index (χ0v) is 14.2. The van der Waals surface area contributed by atoms with Gasteiger partial charge < -0.3 is 20.0 Å². The SMILES string of the molecule is Cc1ccc([C@H]2CN(C(=O)c3c[nH]c4ccc(F)cc4c3=O)C[C@@H]2N)o1. The van der Waals surface area contributed by atoms with Gasteiger partial charge in [-0.3, -0.25) is 9.59 Å². The van der Waals surface area contributed by atoms with E-state index in [1.165, 1.54) is 18.3 Å². The maximum Gasteiger partial charge on any atom is 0.259 e. The van der Waals surface area contributed by atoms with Gasteiger partial charge in [0.1, 0.15) is 22.9 Å². The lowest BCUT2D eigenvalue weighted by Gasteiger charge is -2.15. The molecule has 0 bridgehead atoms. The number of amides is 1. The van der Waals surface area contributed by atoms with Crippen molar-refractivity contribution in [3.8, 4) is 0 Å². The van der Waals surface area contributed by atoms with Crippen LogP contribution in [-0.4, -0.2) is 34.9 Å². The number of nitrogens with one attached hydrogen (secondary N) is 1. The van der Waals surface area contributed by atoms with E-state index < -0.39 is 17.2 Å². The number of hydrogen-bond acceptors (Lipinski definition) is 4. The van der Waals surface area contributed by atoms with Crippen molar-refractivity contribution in [3.63, 3.8) is 0 Å². The molecule has 1 saturated heterocycles. The van der Waals surface area contributed by atoms with Crippen LogP contribution in [0.3, 0.4) is 0 Å². The van der Waals surface area contributed by atoms with Gasteiger partial charge in [-0.2, -0.15) is 0 Å². The van der Waals surface area contributed by atoms with Gasteiger partial charge in [0.05, 0.1) is 5.92 Å². The van der Waals surface area contributed by atoms with Gasteiger partial charge in [-0.1, -0.05) is 0 Å². The third kappa shape index (κ3) is 2.70. The van der Waals surface area contributed by atoms with Crippen LogP contribution in [0.1, 0.15) is 27.8 Å². The summed E-state index contributed by atoms with van der Waals surface area (Å²) < 4.78 is 19.1. The van der Waals surface area contributed by atoms with E-state index in [1.54, 1.807) is 4.90 Å². The maximum absolute atomic E-state index is 13.5. The Morgan fingerprint density at radius 1 is 1.31 bits per heavy atom. The Labute approximate surface area is 148 Å². The summed E-state index contributed by atoms with van der Waals surface area (Å²) in [5.74, 6) is 0.456. The molecule has 3 heterocycles. The third-order valence-corrected chi connectivity index (χ3v) is 4.85. The number of aryl methyl sites for hydroxylation is 1. The van der Waals surface area contributed by atoms with Crippen molar-refractivity contribution in [1.29, 1.82) is 0 Å². The van der Waals surface area contributed by atoms with Crippen LogP contribution >= 0.6 is 0 Å². The number of carbonyl (C=O) groups excluding carboxylic acids is 1. The second-order valence-electron chi connectivity index (χ2n) is 6.65. The Morgan fingerprint density at radius 3 is 2.85 bits per heavy atom. The second-order valence-corrected chi connectivity index (χ2v) is 6.65. The fourth-order valence-electron chi connectivity index (χ4n) is 3.47. The van der Waals surface area contributed by atoms with Gasteiger partial charge in [-0.05, 0) is 37.3 Å². The lowest BCUT2D eigenvalue weighted by Crippen LogP contribution is -2.34. The van der Waals surface area contributed by atoms with Crippen LogP contribution in [0.4, 0.5) is 4.39 Å². The molecule has 1 aromatic carbocycles. The maximum atomic E-state index is 13.5. The Balaban J connectivity index is 1.65. The molecule has 0 unspecified atom stereocenters. The molecule has 1 amide bonds. The van der Waals surface area contributed by atoms with Crippen molar-refractivity contribution in [2.75, 3.05) is 13.1 Å². The van der Waals surface area contributed by atoms with Gasteiger partial charge in [-0.15, -0.1) is 0 Å². The number of nitrogens with two attached hydrogens (primary N) is 1. The number of aromatic nitrogens is 1. The molecule has 0 saturated carbocycles. The highest BCUT2D eigenvalue weighted by Crippen LogP contribution is 2.28. The number of likely N-dealkylation sites (tertiary alicyclic amines) is 1. The van der Waals surface area contributed by atoms with Crippen LogP contribution in [0, 0.1) is 12.7 Å². The van der Waals surface area contributed by atoms with Crippen molar-refractivity contribution in [1.82, 2.24) is 9.88 Å². The van der Waals surface area contributed by atoms with E-state index >= 15 is 0 Å². The number of hydrogen-bond donors (Lipinski definition) is 2. The van der Waals surface area contributed by atoms with Crippen molar-refractivity contribution >= 4 is 16.8 Å². The van der Waals surface area contributed by atoms with Gasteiger partial charge in [-0.25, -0.2) is 4.39 Å². The van der Waals surface area contributed by atoms with E-state index in [1.807, 2.05) is 19.1 Å². The van der Waals surface area contributed by atoms with Crippen molar-refractivity contribution in [2.45, 2.75) is 18.9 Å². The topological polar surface area (TPSA) is 92.3 Å². The second kappa shape index (κ2) is 6.10. The van der Waals surface area contributed by atoms with Crippen LogP contribution in [0.2, 0.25) is 0 Å². The van der Waals surface area contributed by atoms with Crippen molar-refractivity contribution in [3.05, 3.63) is 69.7 Å². The van der Waals surface area contributed by atoms with E-state index in [9.17, 15) is 14.0 Å². The average Bonchev–Trinajstić information content (AvgIpc) is 3.21. The molecular formula is C19H18FN3O3. The molecular weight excluding hydrogens is 337 g/mol. The number of halogens is 1. The first-order valence-electron chi connectivity index (χ1n) is 8.36. The number of fused-ring (bicyclic) bond motifs is 1. The quantitative estimate of drug-likeness (QED) is 0.737. The molecule has 1 aliphatic heterocycles. The standard InChI is InChI=1S/C19H18FN3O3/c1-10-2-5-17(26-10)14-8-23(9-15(14)21)19(25)13-7-22-16-4-3-11(20)6-12(16)18(13)24/h2-7,14-15H,8-9,21H2,1H3,(H,22,24)/t14-,15-/m0/s1. The average molecular weight is 355 g/mol. The zero-order chi connectivity index (χ0) is 18.4. The molecule has 6 nitrogen and oxygen atoms in total. The van der Waals surface area contributed by atoms with Gasteiger partial charge >= 0.3 is 0 Å². The molecule has 4 rings (SSSR count). The molecule has 0 spiro atoms. The van der Waals surface area contributed by atoms with Crippen LogP contribution in [0.15, 0.2) is 45.7 Å². The summed E-state index contributed by atoms with van der Waals surface area (Å²) in [5, 5.41) is 0.151. The molecule has 7 heteroatoms. The number of aromatic amines is 1. The van der Waals surface area contributed by atoms with Crippen LogP contribution < -0.4 is 11.2 Å². The largest absolute Gasteiger partial charge is 0.466 e. The molecule has 134 valence electrons. The van der Waals surface area contributed by atoms with Crippen molar-refractivity contribution < 1.29 is 13.6 Å². The van der Waals surface area contributed by atoms with Gasteiger partial charge in [0.25, 0.3) is 5.91 Å². The number of carbonyl (C=O) groups is 1. The summed E-state index contributed by atoms with van der Waals surface area (Å²) in [4.78, 5) is 29.9. The number of nitrogens with zero attached hydrogens (tertiary/aromatic N) is 1. The van der Waals surface area contributed by atoms with E-state index in [2.05, 4.69) is 4.98 Å². The van der Waals surface area contributed by atoms with Gasteiger partial charge in [0.2, 0.25) is 5.43 Å². The first-order chi connectivity index (χ1) is 12.4. The molecule has 1 fully saturated rings. The minimum absolute atomic E-state index is 0.0217. The Kier molecular flexibility index (Phi) is 3.88. The summed E-state index contributed by atoms with van der Waals surface area (Å²) in [6.45, 7) is 2.54. The normalized spacial score (nSPS) is 20.0. The molecule has 3 aromatic rings. The molecule has 1 aliphatic rings. The summed E-state index contributed by atoms with van der Waals surface area (Å²) in [6, 6.07) is 7.31. The number of benzene rings is 1. The van der Waals surface area contributed by atoms with Crippen LogP contribution in [0.5, 0.6) is 0 Å². The first-order valence-corrected chi connectivity index (χ1v) is 8.36. The molecule has 3 N–H and O–H groups in total. The van der Waals surface area contributed by atoms with Crippen LogP contribution in [-0.2, 0) is 0 Å². The summed E-state index contributed by atoms with van der Waals surface area (Å²) in [7, 11) is 0. The number of rotatable bonds is 2. The van der Waals surface area contributed by atoms with E-state index in [0.717, 1.165) is 17.6 Å². The fraction of sp³-hybridized carbons (Fsp3) is 0.263.